The Morgan fingerprint density at radius 2 is 2.18 bits per heavy atom. The maximum Gasteiger partial charge on any atom is 0.191 e. The number of morpholine rings is 1. The molecule has 1 unspecified atom stereocenters. The van der Waals surface area contributed by atoms with Crippen LogP contribution in [0.15, 0.2) is 35.3 Å². The molecule has 3 rings (SSSR count). The predicted octanol–water partition coefficient (Wildman–Crippen LogP) is 1.39. The average Bonchev–Trinajstić information content (AvgIpc) is 2.98. The van der Waals surface area contributed by atoms with Gasteiger partial charge in [0.2, 0.25) is 0 Å². The van der Waals surface area contributed by atoms with Crippen molar-refractivity contribution in [2.75, 3.05) is 32.8 Å². The summed E-state index contributed by atoms with van der Waals surface area (Å²) in [7, 11) is 0. The van der Waals surface area contributed by atoms with Crippen molar-refractivity contribution in [3.8, 4) is 0 Å². The van der Waals surface area contributed by atoms with Gasteiger partial charge in [-0.2, -0.15) is 0 Å². The van der Waals surface area contributed by atoms with Crippen molar-refractivity contribution in [3.05, 3.63) is 35.9 Å². The summed E-state index contributed by atoms with van der Waals surface area (Å²) in [6.07, 6.45) is 0.136. The van der Waals surface area contributed by atoms with E-state index in [1.165, 1.54) is 5.56 Å². The molecule has 22 heavy (non-hydrogen) atoms. The third-order valence-corrected chi connectivity index (χ3v) is 4.38. The molecule has 1 aromatic rings. The number of rotatable bonds is 4. The van der Waals surface area contributed by atoms with Gasteiger partial charge in [0.15, 0.2) is 5.96 Å². The Morgan fingerprint density at radius 3 is 2.86 bits per heavy atom. The van der Waals surface area contributed by atoms with Gasteiger partial charge in [0.25, 0.3) is 0 Å². The highest BCUT2D eigenvalue weighted by atomic mass is 16.5. The number of ether oxygens (including phenoxy) is 1. The number of hydrogen-bond acceptors (Lipinski definition) is 5. The van der Waals surface area contributed by atoms with Crippen molar-refractivity contribution in [2.45, 2.75) is 32.0 Å². The number of likely N-dealkylation sites (N-methyl/N-ethyl adjacent to an activating group) is 1. The molecule has 5 heteroatoms. The normalized spacial score (nSPS) is 29.0. The highest BCUT2D eigenvalue weighted by Crippen LogP contribution is 2.28. The van der Waals surface area contributed by atoms with E-state index in [4.69, 9.17) is 4.74 Å². The molecule has 0 bridgehead atoms. The minimum Gasteiger partial charge on any atom is -0.373 e. The van der Waals surface area contributed by atoms with Gasteiger partial charge in [-0.25, -0.2) is 0 Å². The smallest absolute Gasteiger partial charge is 0.191 e. The van der Waals surface area contributed by atoms with Crippen molar-refractivity contribution in [2.24, 2.45) is 4.99 Å². The SMILES string of the molecule is CCN1CCO[C@@H](CNC2=NCC(C)N2)[C@@H]1c1ccccc1. The summed E-state index contributed by atoms with van der Waals surface area (Å²) >= 11 is 0. The largest absolute Gasteiger partial charge is 0.373 e. The molecule has 2 aliphatic rings. The van der Waals surface area contributed by atoms with Gasteiger partial charge >= 0.3 is 0 Å². The first-order valence-electron chi connectivity index (χ1n) is 8.23. The van der Waals surface area contributed by atoms with E-state index >= 15 is 0 Å². The van der Waals surface area contributed by atoms with Crippen molar-refractivity contribution in [1.82, 2.24) is 15.5 Å². The Hall–Kier alpha value is -1.59. The Balaban J connectivity index is 1.69. The molecular weight excluding hydrogens is 276 g/mol. The zero-order chi connectivity index (χ0) is 15.4. The van der Waals surface area contributed by atoms with Gasteiger partial charge in [-0.05, 0) is 19.0 Å². The minimum absolute atomic E-state index is 0.136. The van der Waals surface area contributed by atoms with E-state index in [0.29, 0.717) is 12.1 Å². The lowest BCUT2D eigenvalue weighted by molar-refractivity contribution is -0.0677. The molecule has 1 fully saturated rings. The molecule has 0 aliphatic carbocycles. The topological polar surface area (TPSA) is 48.9 Å². The summed E-state index contributed by atoms with van der Waals surface area (Å²) in [4.78, 5) is 6.96. The summed E-state index contributed by atoms with van der Waals surface area (Å²) < 4.78 is 6.08. The first kappa shape index (κ1) is 15.3. The molecule has 1 saturated heterocycles. The second-order valence-corrected chi connectivity index (χ2v) is 6.01. The van der Waals surface area contributed by atoms with Crippen LogP contribution in [0.5, 0.6) is 0 Å². The number of aliphatic imine (C=N–C) groups is 1. The van der Waals surface area contributed by atoms with E-state index in [0.717, 1.165) is 38.7 Å². The van der Waals surface area contributed by atoms with Gasteiger partial charge in [0.05, 0.1) is 25.3 Å². The molecule has 0 aromatic heterocycles. The van der Waals surface area contributed by atoms with Crippen molar-refractivity contribution < 1.29 is 4.74 Å². The van der Waals surface area contributed by atoms with Crippen LogP contribution in [0.2, 0.25) is 0 Å². The lowest BCUT2D eigenvalue weighted by Gasteiger charge is -2.41. The standard InChI is InChI=1S/C17H26N4O/c1-3-21-9-10-22-15(12-19-17-18-11-13(2)20-17)16(21)14-7-5-4-6-8-14/h4-8,13,15-16H,3,9-12H2,1-2H3,(H2,18,19,20)/t13?,15-,16-/m0/s1. The van der Waals surface area contributed by atoms with E-state index < -0.39 is 0 Å². The monoisotopic (exact) mass is 302 g/mol. The molecule has 0 saturated carbocycles. The van der Waals surface area contributed by atoms with Crippen LogP contribution in [0.3, 0.4) is 0 Å². The quantitative estimate of drug-likeness (QED) is 0.882. The van der Waals surface area contributed by atoms with Crippen molar-refractivity contribution in [3.63, 3.8) is 0 Å². The van der Waals surface area contributed by atoms with Crippen LogP contribution in [0.1, 0.15) is 25.5 Å². The third kappa shape index (κ3) is 3.42. The number of benzene rings is 1. The Morgan fingerprint density at radius 1 is 1.36 bits per heavy atom. The molecule has 0 amide bonds. The molecule has 2 aliphatic heterocycles. The lowest BCUT2D eigenvalue weighted by Crippen LogP contribution is -2.51. The molecule has 0 spiro atoms. The van der Waals surface area contributed by atoms with Gasteiger partial charge in [-0.1, -0.05) is 37.3 Å². The summed E-state index contributed by atoms with van der Waals surface area (Å²) in [5.74, 6) is 0.900. The summed E-state index contributed by atoms with van der Waals surface area (Å²) in [5.41, 5.74) is 1.32. The van der Waals surface area contributed by atoms with E-state index in [1.807, 2.05) is 0 Å². The summed E-state index contributed by atoms with van der Waals surface area (Å²) in [6.45, 7) is 8.79. The Kier molecular flexibility index (Phi) is 4.95. The van der Waals surface area contributed by atoms with Crippen molar-refractivity contribution >= 4 is 5.96 Å². The highest BCUT2D eigenvalue weighted by molar-refractivity contribution is 5.81. The zero-order valence-corrected chi connectivity index (χ0v) is 13.5. The fourth-order valence-corrected chi connectivity index (χ4v) is 3.24. The summed E-state index contributed by atoms with van der Waals surface area (Å²) in [6, 6.07) is 11.4. The van der Waals surface area contributed by atoms with Gasteiger partial charge in [0, 0.05) is 19.1 Å². The maximum atomic E-state index is 6.08. The van der Waals surface area contributed by atoms with Crippen LogP contribution in [0.4, 0.5) is 0 Å². The summed E-state index contributed by atoms with van der Waals surface area (Å²) in [5, 5.41) is 6.76. The van der Waals surface area contributed by atoms with Crippen LogP contribution in [0.25, 0.3) is 0 Å². The predicted molar refractivity (Wildman–Crippen MR) is 89.1 cm³/mol. The highest BCUT2D eigenvalue weighted by Gasteiger charge is 2.32. The molecule has 2 N–H and O–H groups in total. The third-order valence-electron chi connectivity index (χ3n) is 4.38. The molecule has 0 radical (unpaired) electrons. The number of nitrogens with zero attached hydrogens (tertiary/aromatic N) is 2. The van der Waals surface area contributed by atoms with Gasteiger partial charge in [0.1, 0.15) is 0 Å². The molecule has 5 nitrogen and oxygen atoms in total. The first-order valence-corrected chi connectivity index (χ1v) is 8.23. The van der Waals surface area contributed by atoms with E-state index in [1.54, 1.807) is 0 Å². The first-order chi connectivity index (χ1) is 10.8. The number of hydrogen-bond donors (Lipinski definition) is 2. The van der Waals surface area contributed by atoms with Crippen molar-refractivity contribution in [1.29, 1.82) is 0 Å². The second-order valence-electron chi connectivity index (χ2n) is 6.01. The Labute approximate surface area is 132 Å². The fourth-order valence-electron chi connectivity index (χ4n) is 3.24. The molecular formula is C17H26N4O. The van der Waals surface area contributed by atoms with E-state index in [-0.39, 0.29) is 6.10 Å². The molecule has 2 heterocycles. The Bertz CT molecular complexity index is 505. The maximum absolute atomic E-state index is 6.08. The van der Waals surface area contributed by atoms with Crippen LogP contribution >= 0.6 is 0 Å². The second kappa shape index (κ2) is 7.11. The minimum atomic E-state index is 0.136. The van der Waals surface area contributed by atoms with E-state index in [2.05, 4.69) is 64.7 Å². The van der Waals surface area contributed by atoms with Gasteiger partial charge in [-0.15, -0.1) is 0 Å². The van der Waals surface area contributed by atoms with Crippen LogP contribution in [0, 0.1) is 0 Å². The molecule has 120 valence electrons. The van der Waals surface area contributed by atoms with Gasteiger partial charge < -0.3 is 15.4 Å². The van der Waals surface area contributed by atoms with Crippen LogP contribution < -0.4 is 10.6 Å². The van der Waals surface area contributed by atoms with E-state index in [9.17, 15) is 0 Å². The fraction of sp³-hybridized carbons (Fsp3) is 0.588. The zero-order valence-electron chi connectivity index (χ0n) is 13.5. The number of guanidine groups is 1. The number of nitrogens with one attached hydrogen (secondary N) is 2. The van der Waals surface area contributed by atoms with Crippen LogP contribution in [-0.4, -0.2) is 55.8 Å². The lowest BCUT2D eigenvalue weighted by atomic mass is 9.98. The molecule has 1 aromatic carbocycles. The van der Waals surface area contributed by atoms with Crippen LogP contribution in [-0.2, 0) is 4.74 Å². The average molecular weight is 302 g/mol. The van der Waals surface area contributed by atoms with Gasteiger partial charge in [-0.3, -0.25) is 9.89 Å². The molecule has 3 atom stereocenters.